The van der Waals surface area contributed by atoms with Gasteiger partial charge in [-0.2, -0.15) is 0 Å². The Morgan fingerprint density at radius 2 is 1.82 bits per heavy atom. The molecule has 0 spiro atoms. The fourth-order valence-electron chi connectivity index (χ4n) is 2.07. The Kier molecular flexibility index (Phi) is 4.50. The van der Waals surface area contributed by atoms with Crippen LogP contribution in [0.25, 0.3) is 10.8 Å². The van der Waals surface area contributed by atoms with E-state index in [1.54, 1.807) is 18.2 Å². The lowest BCUT2D eigenvalue weighted by molar-refractivity contribution is 0.475. The van der Waals surface area contributed by atoms with Crippen LogP contribution in [0.3, 0.4) is 0 Å². The van der Waals surface area contributed by atoms with E-state index in [9.17, 15) is 9.50 Å². The van der Waals surface area contributed by atoms with Crippen LogP contribution in [-0.4, -0.2) is 5.11 Å². The van der Waals surface area contributed by atoms with Gasteiger partial charge in [-0.1, -0.05) is 26.8 Å². The van der Waals surface area contributed by atoms with Crippen LogP contribution in [0.4, 0.5) is 4.39 Å². The maximum absolute atomic E-state index is 13.5. The molecule has 0 aromatic heterocycles. The van der Waals surface area contributed by atoms with Crippen molar-refractivity contribution in [2.45, 2.75) is 34.1 Å². The molecule has 1 nitrogen and oxygen atoms in total. The third kappa shape index (κ3) is 2.57. The molecule has 2 heteroatoms. The molecule has 0 saturated heterocycles. The van der Waals surface area contributed by atoms with Crippen molar-refractivity contribution in [1.29, 1.82) is 0 Å². The summed E-state index contributed by atoms with van der Waals surface area (Å²) in [5, 5.41) is 11.3. The van der Waals surface area contributed by atoms with Gasteiger partial charge in [-0.25, -0.2) is 4.39 Å². The van der Waals surface area contributed by atoms with E-state index in [1.165, 1.54) is 6.07 Å². The molecule has 2 rings (SSSR count). The first-order chi connectivity index (χ1) is 8.13. The standard InChI is InChI=1S/C13H13FO.C2H6/c1-3-11-12(14)5-4-9-7-10(15)6-8(2)13(9)11;1-2/h4-7,15H,3H2,1-2H3;1-2H3. The molecule has 0 aliphatic rings. The number of halogens is 1. The van der Waals surface area contributed by atoms with Crippen LogP contribution in [0.15, 0.2) is 24.3 Å². The van der Waals surface area contributed by atoms with Gasteiger partial charge < -0.3 is 5.11 Å². The average Bonchev–Trinajstić information content (AvgIpc) is 2.32. The fraction of sp³-hybridized carbons (Fsp3) is 0.333. The molecular weight excluding hydrogens is 215 g/mol. The summed E-state index contributed by atoms with van der Waals surface area (Å²) in [5.41, 5.74) is 1.64. The second kappa shape index (κ2) is 5.67. The topological polar surface area (TPSA) is 20.2 Å². The highest BCUT2D eigenvalue weighted by Crippen LogP contribution is 2.29. The monoisotopic (exact) mass is 234 g/mol. The van der Waals surface area contributed by atoms with Gasteiger partial charge >= 0.3 is 0 Å². The van der Waals surface area contributed by atoms with Crippen LogP contribution >= 0.6 is 0 Å². The number of benzene rings is 2. The summed E-state index contributed by atoms with van der Waals surface area (Å²) in [7, 11) is 0. The fourth-order valence-corrected chi connectivity index (χ4v) is 2.07. The van der Waals surface area contributed by atoms with Crippen LogP contribution in [0.1, 0.15) is 31.9 Å². The van der Waals surface area contributed by atoms with Gasteiger partial charge in [0.25, 0.3) is 0 Å². The molecule has 2 aromatic carbocycles. The average molecular weight is 234 g/mol. The lowest BCUT2D eigenvalue weighted by atomic mass is 9.97. The summed E-state index contributed by atoms with van der Waals surface area (Å²) in [6, 6.07) is 6.50. The highest BCUT2D eigenvalue weighted by molar-refractivity contribution is 5.90. The van der Waals surface area contributed by atoms with E-state index in [0.29, 0.717) is 6.42 Å². The predicted molar refractivity (Wildman–Crippen MR) is 71.0 cm³/mol. The summed E-state index contributed by atoms with van der Waals surface area (Å²) in [6.45, 7) is 7.82. The third-order valence-electron chi connectivity index (χ3n) is 2.70. The van der Waals surface area contributed by atoms with Crippen molar-refractivity contribution in [1.82, 2.24) is 0 Å². The van der Waals surface area contributed by atoms with Gasteiger partial charge in [0.05, 0.1) is 0 Å². The molecule has 0 aliphatic carbocycles. The minimum absolute atomic E-state index is 0.168. The summed E-state index contributed by atoms with van der Waals surface area (Å²) in [4.78, 5) is 0. The zero-order valence-electron chi connectivity index (χ0n) is 10.8. The molecule has 92 valence electrons. The van der Waals surface area contributed by atoms with Crippen LogP contribution in [0.5, 0.6) is 5.75 Å². The molecule has 0 fully saturated rings. The van der Waals surface area contributed by atoms with Crippen molar-refractivity contribution in [3.05, 3.63) is 41.2 Å². The minimum atomic E-state index is -0.168. The zero-order chi connectivity index (χ0) is 13.0. The molecule has 0 unspecified atom stereocenters. The second-order valence-electron chi connectivity index (χ2n) is 3.74. The van der Waals surface area contributed by atoms with Crippen molar-refractivity contribution < 1.29 is 9.50 Å². The first-order valence-electron chi connectivity index (χ1n) is 6.04. The van der Waals surface area contributed by atoms with Crippen molar-refractivity contribution in [2.75, 3.05) is 0 Å². The zero-order valence-corrected chi connectivity index (χ0v) is 10.8. The number of aryl methyl sites for hydroxylation is 2. The van der Waals surface area contributed by atoms with Crippen molar-refractivity contribution in [3.63, 3.8) is 0 Å². The summed E-state index contributed by atoms with van der Waals surface area (Å²) in [6.07, 6.45) is 0.661. The highest BCUT2D eigenvalue weighted by atomic mass is 19.1. The number of phenols is 1. The van der Waals surface area contributed by atoms with Gasteiger partial charge in [0.2, 0.25) is 0 Å². The van der Waals surface area contributed by atoms with E-state index in [0.717, 1.165) is 21.9 Å². The van der Waals surface area contributed by atoms with Crippen molar-refractivity contribution in [2.24, 2.45) is 0 Å². The molecular formula is C15H19FO. The lowest BCUT2D eigenvalue weighted by Crippen LogP contribution is -1.92. The number of aromatic hydroxyl groups is 1. The maximum atomic E-state index is 13.5. The van der Waals surface area contributed by atoms with Gasteiger partial charge in [-0.05, 0) is 53.4 Å². The van der Waals surface area contributed by atoms with E-state index in [-0.39, 0.29) is 11.6 Å². The molecule has 17 heavy (non-hydrogen) atoms. The Hall–Kier alpha value is -1.57. The largest absolute Gasteiger partial charge is 0.508 e. The molecule has 0 radical (unpaired) electrons. The minimum Gasteiger partial charge on any atom is -0.508 e. The predicted octanol–water partition coefficient (Wildman–Crippen LogP) is 4.58. The number of hydrogen-bond donors (Lipinski definition) is 1. The Morgan fingerprint density at radius 1 is 1.18 bits per heavy atom. The van der Waals surface area contributed by atoms with E-state index >= 15 is 0 Å². The molecule has 0 amide bonds. The molecule has 2 aromatic rings. The highest BCUT2D eigenvalue weighted by Gasteiger charge is 2.08. The normalized spacial score (nSPS) is 9.94. The summed E-state index contributed by atoms with van der Waals surface area (Å²) in [5.74, 6) is 0.0625. The first-order valence-corrected chi connectivity index (χ1v) is 6.04. The van der Waals surface area contributed by atoms with Crippen molar-refractivity contribution in [3.8, 4) is 5.75 Å². The number of fused-ring (bicyclic) bond motifs is 1. The quantitative estimate of drug-likeness (QED) is 0.765. The van der Waals surface area contributed by atoms with Gasteiger partial charge in [0.15, 0.2) is 0 Å². The number of hydrogen-bond acceptors (Lipinski definition) is 1. The maximum Gasteiger partial charge on any atom is 0.127 e. The molecule has 1 N–H and O–H groups in total. The third-order valence-corrected chi connectivity index (χ3v) is 2.70. The number of phenolic OH excluding ortho intramolecular Hbond substituents is 1. The Labute approximate surface area is 102 Å². The smallest absolute Gasteiger partial charge is 0.127 e. The van der Waals surface area contributed by atoms with Gasteiger partial charge in [-0.15, -0.1) is 0 Å². The first kappa shape index (κ1) is 13.5. The molecule has 0 saturated carbocycles. The summed E-state index contributed by atoms with van der Waals surface area (Å²) < 4.78 is 13.5. The molecule has 0 atom stereocenters. The lowest BCUT2D eigenvalue weighted by Gasteiger charge is -2.09. The van der Waals surface area contributed by atoms with E-state index < -0.39 is 0 Å². The van der Waals surface area contributed by atoms with E-state index in [1.807, 2.05) is 27.7 Å². The van der Waals surface area contributed by atoms with E-state index in [4.69, 9.17) is 0 Å². The second-order valence-corrected chi connectivity index (χ2v) is 3.74. The molecule has 0 bridgehead atoms. The Balaban J connectivity index is 0.000000686. The summed E-state index contributed by atoms with van der Waals surface area (Å²) >= 11 is 0. The van der Waals surface area contributed by atoms with Crippen LogP contribution in [0, 0.1) is 12.7 Å². The van der Waals surface area contributed by atoms with Crippen LogP contribution < -0.4 is 0 Å². The SMILES string of the molecule is CC.CCc1c(F)ccc2cc(O)cc(C)c12. The van der Waals surface area contributed by atoms with Crippen molar-refractivity contribution >= 4 is 10.8 Å². The van der Waals surface area contributed by atoms with E-state index in [2.05, 4.69) is 0 Å². The van der Waals surface area contributed by atoms with Gasteiger partial charge in [0.1, 0.15) is 11.6 Å². The molecule has 0 heterocycles. The van der Waals surface area contributed by atoms with Gasteiger partial charge in [-0.3, -0.25) is 0 Å². The number of rotatable bonds is 1. The molecule has 0 aliphatic heterocycles. The Bertz CT molecular complexity index is 518. The van der Waals surface area contributed by atoms with Crippen LogP contribution in [0.2, 0.25) is 0 Å². The van der Waals surface area contributed by atoms with Gasteiger partial charge in [0, 0.05) is 0 Å². The van der Waals surface area contributed by atoms with Crippen LogP contribution in [-0.2, 0) is 6.42 Å². The Morgan fingerprint density at radius 3 is 2.41 bits per heavy atom.